The third-order valence-corrected chi connectivity index (χ3v) is 7.47. The number of benzene rings is 1. The molecule has 0 spiro atoms. The average molecular weight is 309 g/mol. The van der Waals surface area contributed by atoms with Crippen LogP contribution in [0, 0.1) is 34.5 Å². The van der Waals surface area contributed by atoms with Crippen molar-refractivity contribution in [2.45, 2.75) is 57.8 Å². The van der Waals surface area contributed by atoms with Gasteiger partial charge in [0, 0.05) is 6.42 Å². The zero-order valence-corrected chi connectivity index (χ0v) is 14.3. The van der Waals surface area contributed by atoms with Crippen LogP contribution in [0.1, 0.15) is 62.5 Å². The van der Waals surface area contributed by atoms with Gasteiger partial charge in [0.05, 0.1) is 13.2 Å². The molecule has 3 aliphatic rings. The van der Waals surface area contributed by atoms with Crippen molar-refractivity contribution < 1.29 is 4.74 Å². The molecule has 0 unspecified atom stereocenters. The molecule has 2 heteroatoms. The average Bonchev–Trinajstić information content (AvgIpc) is 2.91. The molecule has 23 heavy (non-hydrogen) atoms. The van der Waals surface area contributed by atoms with E-state index in [2.05, 4.69) is 31.2 Å². The number of aryl methyl sites for hydroxylation is 1. The van der Waals surface area contributed by atoms with E-state index in [0.29, 0.717) is 11.3 Å². The molecular formula is C21H27NO. The van der Waals surface area contributed by atoms with E-state index >= 15 is 0 Å². The van der Waals surface area contributed by atoms with Crippen LogP contribution in [-0.2, 0) is 6.42 Å². The second-order valence-electron chi connectivity index (χ2n) is 8.16. The Bertz CT molecular complexity index is 646. The highest BCUT2D eigenvalue weighted by Crippen LogP contribution is 2.63. The SMILES string of the molecule is COc1ccc2c(c1)CC[C@@H]1[C@@H]2CC[C@]2(C)[C@H](CC#N)CC[C@@H]12. The molecule has 2 nitrogen and oxygen atoms in total. The summed E-state index contributed by atoms with van der Waals surface area (Å²) in [5.41, 5.74) is 3.52. The Hall–Kier alpha value is -1.49. The summed E-state index contributed by atoms with van der Waals surface area (Å²) in [5.74, 6) is 4.03. The van der Waals surface area contributed by atoms with Crippen molar-refractivity contribution in [3.8, 4) is 11.8 Å². The molecule has 0 radical (unpaired) electrons. The Balaban J connectivity index is 1.64. The predicted octanol–water partition coefficient (Wildman–Crippen LogP) is 5.08. The first-order valence-electron chi connectivity index (χ1n) is 9.21. The van der Waals surface area contributed by atoms with Gasteiger partial charge in [-0.3, -0.25) is 0 Å². The predicted molar refractivity (Wildman–Crippen MR) is 91.3 cm³/mol. The third-order valence-electron chi connectivity index (χ3n) is 7.47. The molecule has 0 aliphatic heterocycles. The van der Waals surface area contributed by atoms with E-state index in [0.717, 1.165) is 29.9 Å². The number of methoxy groups -OCH3 is 1. The van der Waals surface area contributed by atoms with Crippen molar-refractivity contribution in [3.63, 3.8) is 0 Å². The van der Waals surface area contributed by atoms with Crippen molar-refractivity contribution in [3.05, 3.63) is 29.3 Å². The van der Waals surface area contributed by atoms with E-state index in [1.807, 2.05) is 0 Å². The molecule has 1 aromatic rings. The zero-order chi connectivity index (χ0) is 16.0. The molecule has 0 bridgehead atoms. The summed E-state index contributed by atoms with van der Waals surface area (Å²) < 4.78 is 5.41. The van der Waals surface area contributed by atoms with Crippen LogP contribution < -0.4 is 4.74 Å². The quantitative estimate of drug-likeness (QED) is 0.763. The topological polar surface area (TPSA) is 33.0 Å². The molecule has 4 rings (SSSR count). The van der Waals surface area contributed by atoms with Gasteiger partial charge in [-0.2, -0.15) is 5.26 Å². The first-order valence-corrected chi connectivity index (χ1v) is 9.21. The highest BCUT2D eigenvalue weighted by molar-refractivity contribution is 5.40. The molecule has 3 aliphatic carbocycles. The van der Waals surface area contributed by atoms with Crippen LogP contribution in [0.2, 0.25) is 0 Å². The standard InChI is InChI=1S/C21H27NO/c1-21-11-9-18-17-7-5-16(23-2)13-14(17)3-6-19(18)20(21)8-4-15(21)10-12-22/h5,7,13,15,18-20H,3-4,6,8-11H2,1-2H3/t15-,18+,19+,20-,21+/m0/s1. The lowest BCUT2D eigenvalue weighted by molar-refractivity contribution is 0.0297. The van der Waals surface area contributed by atoms with Gasteiger partial charge < -0.3 is 4.74 Å². The van der Waals surface area contributed by atoms with Crippen LogP contribution in [0.5, 0.6) is 5.75 Å². The number of nitrogens with zero attached hydrogens (tertiary/aromatic N) is 1. The van der Waals surface area contributed by atoms with Gasteiger partial charge in [-0.25, -0.2) is 0 Å². The first-order chi connectivity index (χ1) is 11.2. The maximum absolute atomic E-state index is 9.18. The van der Waals surface area contributed by atoms with Gasteiger partial charge in [0.15, 0.2) is 0 Å². The van der Waals surface area contributed by atoms with Gasteiger partial charge in [0.1, 0.15) is 5.75 Å². The Labute approximate surface area is 139 Å². The first kappa shape index (κ1) is 15.1. The number of nitriles is 1. The smallest absolute Gasteiger partial charge is 0.119 e. The number of fused-ring (bicyclic) bond motifs is 5. The highest BCUT2D eigenvalue weighted by Gasteiger charge is 2.54. The summed E-state index contributed by atoms with van der Waals surface area (Å²) in [7, 11) is 1.76. The molecule has 2 fully saturated rings. The van der Waals surface area contributed by atoms with E-state index < -0.39 is 0 Å². The second kappa shape index (κ2) is 5.55. The zero-order valence-electron chi connectivity index (χ0n) is 14.3. The van der Waals surface area contributed by atoms with Crippen LogP contribution in [0.4, 0.5) is 0 Å². The van der Waals surface area contributed by atoms with Crippen LogP contribution >= 0.6 is 0 Å². The lowest BCUT2D eigenvalue weighted by atomic mass is 9.54. The summed E-state index contributed by atoms with van der Waals surface area (Å²) in [6, 6.07) is 9.18. The third kappa shape index (κ3) is 2.20. The molecule has 2 saturated carbocycles. The largest absolute Gasteiger partial charge is 0.497 e. The Kier molecular flexibility index (Phi) is 3.63. The van der Waals surface area contributed by atoms with E-state index in [1.54, 1.807) is 12.7 Å². The summed E-state index contributed by atoms with van der Waals surface area (Å²) in [6.07, 6.45) is 8.50. The van der Waals surface area contributed by atoms with Crippen LogP contribution in [0.15, 0.2) is 18.2 Å². The van der Waals surface area contributed by atoms with Crippen molar-refractivity contribution in [1.82, 2.24) is 0 Å². The van der Waals surface area contributed by atoms with Gasteiger partial charge in [0.25, 0.3) is 0 Å². The van der Waals surface area contributed by atoms with Crippen LogP contribution in [0.25, 0.3) is 0 Å². The molecule has 0 N–H and O–H groups in total. The van der Waals surface area contributed by atoms with Gasteiger partial charge in [-0.15, -0.1) is 0 Å². The minimum atomic E-state index is 0.418. The van der Waals surface area contributed by atoms with Crippen molar-refractivity contribution in [1.29, 1.82) is 5.26 Å². The van der Waals surface area contributed by atoms with Gasteiger partial charge in [-0.05, 0) is 90.9 Å². The maximum Gasteiger partial charge on any atom is 0.119 e. The molecule has 0 aromatic heterocycles. The summed E-state index contributed by atoms with van der Waals surface area (Å²) in [4.78, 5) is 0. The Morgan fingerprint density at radius 1 is 1.26 bits per heavy atom. The van der Waals surface area contributed by atoms with E-state index in [4.69, 9.17) is 4.74 Å². The fourth-order valence-corrected chi connectivity index (χ4v) is 6.24. The van der Waals surface area contributed by atoms with E-state index in [-0.39, 0.29) is 0 Å². The van der Waals surface area contributed by atoms with Crippen LogP contribution in [-0.4, -0.2) is 7.11 Å². The molecule has 0 heterocycles. The lowest BCUT2D eigenvalue weighted by Gasteiger charge is -2.51. The molecule has 1 aromatic carbocycles. The summed E-state index contributed by atoms with van der Waals surface area (Å²) in [5, 5.41) is 9.18. The Morgan fingerprint density at radius 2 is 2.13 bits per heavy atom. The second-order valence-corrected chi connectivity index (χ2v) is 8.16. The fourth-order valence-electron chi connectivity index (χ4n) is 6.24. The molecule has 5 atom stereocenters. The van der Waals surface area contributed by atoms with E-state index in [1.165, 1.54) is 44.1 Å². The number of hydrogen-bond acceptors (Lipinski definition) is 2. The number of ether oxygens (including phenoxy) is 1. The lowest BCUT2D eigenvalue weighted by Crippen LogP contribution is -2.42. The van der Waals surface area contributed by atoms with Gasteiger partial charge in [0.2, 0.25) is 0 Å². The van der Waals surface area contributed by atoms with Crippen molar-refractivity contribution in [2.75, 3.05) is 7.11 Å². The normalized spacial score (nSPS) is 38.1. The minimum Gasteiger partial charge on any atom is -0.497 e. The Morgan fingerprint density at radius 3 is 2.91 bits per heavy atom. The molecule has 0 amide bonds. The fraction of sp³-hybridized carbons (Fsp3) is 0.667. The molecular weight excluding hydrogens is 282 g/mol. The molecule has 122 valence electrons. The van der Waals surface area contributed by atoms with E-state index in [9.17, 15) is 5.26 Å². The van der Waals surface area contributed by atoms with Crippen LogP contribution in [0.3, 0.4) is 0 Å². The number of rotatable bonds is 2. The monoisotopic (exact) mass is 309 g/mol. The van der Waals surface area contributed by atoms with Gasteiger partial charge >= 0.3 is 0 Å². The number of hydrogen-bond donors (Lipinski definition) is 0. The van der Waals surface area contributed by atoms with Crippen molar-refractivity contribution >= 4 is 0 Å². The molecule has 0 saturated heterocycles. The highest BCUT2D eigenvalue weighted by atomic mass is 16.5. The minimum absolute atomic E-state index is 0.418. The van der Waals surface area contributed by atoms with Crippen molar-refractivity contribution in [2.24, 2.45) is 23.2 Å². The summed E-state index contributed by atoms with van der Waals surface area (Å²) >= 11 is 0. The maximum atomic E-state index is 9.18. The van der Waals surface area contributed by atoms with Gasteiger partial charge in [-0.1, -0.05) is 13.0 Å². The summed E-state index contributed by atoms with van der Waals surface area (Å²) in [6.45, 7) is 2.49.